The van der Waals surface area contributed by atoms with E-state index in [1.54, 1.807) is 41.0 Å². The topological polar surface area (TPSA) is 51.5 Å². The summed E-state index contributed by atoms with van der Waals surface area (Å²) in [6, 6.07) is 7.43. The Balaban J connectivity index is 1.86. The van der Waals surface area contributed by atoms with Gasteiger partial charge in [-0.2, -0.15) is 0 Å². The normalized spacial score (nSPS) is 10.4. The van der Waals surface area contributed by atoms with Crippen LogP contribution in [0.1, 0.15) is 21.1 Å². The smallest absolute Gasteiger partial charge is 0.355 e. The Kier molecular flexibility index (Phi) is 4.80. The molecule has 0 bridgehead atoms. The second kappa shape index (κ2) is 6.58. The monoisotopic (exact) mass is 306 g/mol. The van der Waals surface area contributed by atoms with Crippen LogP contribution in [0.5, 0.6) is 0 Å². The van der Waals surface area contributed by atoms with E-state index in [4.69, 9.17) is 4.74 Å². The Morgan fingerprint density at radius 1 is 1.33 bits per heavy atom. The van der Waals surface area contributed by atoms with Gasteiger partial charge in [-0.15, -0.1) is 11.3 Å². The molecular weight excluding hydrogens is 288 g/mol. The van der Waals surface area contributed by atoms with E-state index >= 15 is 0 Å². The van der Waals surface area contributed by atoms with Crippen LogP contribution in [0.2, 0.25) is 0 Å². The van der Waals surface area contributed by atoms with Gasteiger partial charge in [0.2, 0.25) is 0 Å². The maximum Gasteiger partial charge on any atom is 0.355 e. The van der Waals surface area contributed by atoms with Crippen molar-refractivity contribution in [1.29, 1.82) is 0 Å². The van der Waals surface area contributed by atoms with Gasteiger partial charge in [0.1, 0.15) is 5.69 Å². The van der Waals surface area contributed by atoms with Crippen LogP contribution in [-0.4, -0.2) is 35.0 Å². The number of amides is 1. The van der Waals surface area contributed by atoms with E-state index in [1.807, 2.05) is 30.5 Å². The highest BCUT2D eigenvalue weighted by molar-refractivity contribution is 7.09. The van der Waals surface area contributed by atoms with Gasteiger partial charge < -0.3 is 14.2 Å². The summed E-state index contributed by atoms with van der Waals surface area (Å²) in [6.07, 6.45) is 0. The molecule has 2 rings (SSSR count). The summed E-state index contributed by atoms with van der Waals surface area (Å²) in [7, 11) is 3.49. The molecule has 5 nitrogen and oxygen atoms in total. The van der Waals surface area contributed by atoms with Gasteiger partial charge in [-0.3, -0.25) is 4.79 Å². The number of nitrogens with zero attached hydrogens (tertiary/aromatic N) is 2. The largest absolute Gasteiger partial charge is 0.451 e. The lowest BCUT2D eigenvalue weighted by atomic mass is 10.4. The van der Waals surface area contributed by atoms with Crippen molar-refractivity contribution in [3.63, 3.8) is 0 Å². The first-order valence-electron chi connectivity index (χ1n) is 6.55. The van der Waals surface area contributed by atoms with E-state index in [-0.39, 0.29) is 12.5 Å². The van der Waals surface area contributed by atoms with Crippen LogP contribution in [0, 0.1) is 6.92 Å². The molecule has 0 atom stereocenters. The number of aromatic nitrogens is 1. The summed E-state index contributed by atoms with van der Waals surface area (Å²) in [6.45, 7) is 2.18. The van der Waals surface area contributed by atoms with Crippen molar-refractivity contribution in [3.8, 4) is 0 Å². The average molecular weight is 306 g/mol. The molecular formula is C15H18N2O3S. The van der Waals surface area contributed by atoms with E-state index < -0.39 is 5.97 Å². The lowest BCUT2D eigenvalue weighted by molar-refractivity contribution is -0.133. The predicted molar refractivity (Wildman–Crippen MR) is 81.2 cm³/mol. The van der Waals surface area contributed by atoms with Gasteiger partial charge in [0.25, 0.3) is 5.91 Å². The van der Waals surface area contributed by atoms with Crippen molar-refractivity contribution in [1.82, 2.24) is 9.47 Å². The molecule has 112 valence electrons. The summed E-state index contributed by atoms with van der Waals surface area (Å²) in [5, 5.41) is 1.96. The van der Waals surface area contributed by atoms with Crippen LogP contribution in [-0.2, 0) is 23.1 Å². The lowest BCUT2D eigenvalue weighted by Gasteiger charge is -2.16. The van der Waals surface area contributed by atoms with Crippen LogP contribution in [0.4, 0.5) is 0 Å². The molecule has 0 N–H and O–H groups in total. The zero-order chi connectivity index (χ0) is 15.4. The molecule has 2 aromatic rings. The number of rotatable bonds is 5. The first-order chi connectivity index (χ1) is 9.99. The maximum atomic E-state index is 11.9. The Hall–Kier alpha value is -2.08. The molecule has 21 heavy (non-hydrogen) atoms. The SMILES string of the molecule is Cc1ccc(C(=O)OCC(=O)N(C)Cc2cccs2)n1C. The number of esters is 1. The van der Waals surface area contributed by atoms with Crippen LogP contribution in [0.3, 0.4) is 0 Å². The Labute approximate surface area is 127 Å². The molecule has 0 unspecified atom stereocenters. The van der Waals surface area contributed by atoms with Gasteiger partial charge in [-0.05, 0) is 30.5 Å². The summed E-state index contributed by atoms with van der Waals surface area (Å²) >= 11 is 1.59. The molecule has 1 amide bonds. The van der Waals surface area contributed by atoms with E-state index in [0.29, 0.717) is 12.2 Å². The first-order valence-corrected chi connectivity index (χ1v) is 7.43. The van der Waals surface area contributed by atoms with E-state index in [1.165, 1.54) is 0 Å². The van der Waals surface area contributed by atoms with Crippen molar-refractivity contribution < 1.29 is 14.3 Å². The first kappa shape index (κ1) is 15.3. The summed E-state index contributed by atoms with van der Waals surface area (Å²) in [5.41, 5.74) is 1.41. The number of ether oxygens (including phenoxy) is 1. The molecule has 0 saturated heterocycles. The fourth-order valence-corrected chi connectivity index (χ4v) is 2.61. The second-order valence-corrected chi connectivity index (χ2v) is 5.86. The highest BCUT2D eigenvalue weighted by atomic mass is 32.1. The molecule has 2 heterocycles. The van der Waals surface area contributed by atoms with Crippen LogP contribution < -0.4 is 0 Å². The number of aryl methyl sites for hydroxylation is 1. The number of hydrogen-bond acceptors (Lipinski definition) is 4. The fourth-order valence-electron chi connectivity index (χ4n) is 1.85. The number of carbonyl (C=O) groups is 2. The Bertz CT molecular complexity index is 631. The molecule has 0 radical (unpaired) electrons. The van der Waals surface area contributed by atoms with Crippen molar-refractivity contribution in [2.24, 2.45) is 7.05 Å². The molecule has 0 aromatic carbocycles. The quantitative estimate of drug-likeness (QED) is 0.796. The van der Waals surface area contributed by atoms with Crippen LogP contribution in [0.15, 0.2) is 29.6 Å². The zero-order valence-electron chi connectivity index (χ0n) is 12.3. The summed E-state index contributed by atoms with van der Waals surface area (Å²) in [4.78, 5) is 26.5. The van der Waals surface area contributed by atoms with Gasteiger partial charge in [0.05, 0.1) is 6.54 Å². The summed E-state index contributed by atoms with van der Waals surface area (Å²) < 4.78 is 6.82. The van der Waals surface area contributed by atoms with Gasteiger partial charge >= 0.3 is 5.97 Å². The molecule has 2 aromatic heterocycles. The van der Waals surface area contributed by atoms with Gasteiger partial charge in [-0.25, -0.2) is 4.79 Å². The minimum Gasteiger partial charge on any atom is -0.451 e. The zero-order valence-corrected chi connectivity index (χ0v) is 13.1. The van der Waals surface area contributed by atoms with Crippen LogP contribution in [0.25, 0.3) is 0 Å². The van der Waals surface area contributed by atoms with Crippen molar-refractivity contribution in [2.75, 3.05) is 13.7 Å². The fraction of sp³-hybridized carbons (Fsp3) is 0.333. The average Bonchev–Trinajstić information content (AvgIpc) is 3.07. The Morgan fingerprint density at radius 3 is 2.67 bits per heavy atom. The third-order valence-electron chi connectivity index (χ3n) is 3.31. The van der Waals surface area contributed by atoms with E-state index in [2.05, 4.69) is 0 Å². The van der Waals surface area contributed by atoms with Crippen LogP contribution >= 0.6 is 11.3 Å². The molecule has 0 aliphatic heterocycles. The van der Waals surface area contributed by atoms with Crippen molar-refractivity contribution in [3.05, 3.63) is 45.9 Å². The molecule has 0 spiro atoms. The highest BCUT2D eigenvalue weighted by Crippen LogP contribution is 2.11. The van der Waals surface area contributed by atoms with E-state index in [9.17, 15) is 9.59 Å². The standard InChI is InChI=1S/C15H18N2O3S/c1-11-6-7-13(17(11)3)15(19)20-10-14(18)16(2)9-12-5-4-8-21-12/h4-8H,9-10H2,1-3H3. The molecule has 0 saturated carbocycles. The maximum absolute atomic E-state index is 11.9. The number of carbonyl (C=O) groups excluding carboxylic acids is 2. The predicted octanol–water partition coefficient (Wildman–Crippen LogP) is 2.21. The molecule has 6 heteroatoms. The van der Waals surface area contributed by atoms with Crippen molar-refractivity contribution in [2.45, 2.75) is 13.5 Å². The number of hydrogen-bond donors (Lipinski definition) is 0. The molecule has 0 fully saturated rings. The minimum absolute atomic E-state index is 0.220. The van der Waals surface area contributed by atoms with Crippen molar-refractivity contribution >= 4 is 23.2 Å². The minimum atomic E-state index is -0.483. The van der Waals surface area contributed by atoms with Gasteiger partial charge in [-0.1, -0.05) is 6.07 Å². The van der Waals surface area contributed by atoms with Gasteiger partial charge in [0, 0.05) is 24.7 Å². The summed E-state index contributed by atoms with van der Waals surface area (Å²) in [5.74, 6) is -0.703. The third-order valence-corrected chi connectivity index (χ3v) is 4.17. The third kappa shape index (κ3) is 3.72. The highest BCUT2D eigenvalue weighted by Gasteiger charge is 2.16. The number of likely N-dealkylation sites (N-methyl/N-ethyl adjacent to an activating group) is 1. The second-order valence-electron chi connectivity index (χ2n) is 4.82. The lowest BCUT2D eigenvalue weighted by Crippen LogP contribution is -2.30. The number of thiophene rings is 1. The Morgan fingerprint density at radius 2 is 2.10 bits per heavy atom. The van der Waals surface area contributed by atoms with E-state index in [0.717, 1.165) is 10.6 Å². The molecule has 0 aliphatic rings. The van der Waals surface area contributed by atoms with Gasteiger partial charge in [0.15, 0.2) is 6.61 Å². The molecule has 0 aliphatic carbocycles.